The third-order valence-electron chi connectivity index (χ3n) is 2.63. The van der Waals surface area contributed by atoms with Crippen LogP contribution in [-0.2, 0) is 6.42 Å². The molecule has 1 atom stereocenters. The molecule has 3 heteroatoms. The number of ether oxygens (including phenoxy) is 2. The van der Waals surface area contributed by atoms with Crippen molar-refractivity contribution >= 4 is 0 Å². The van der Waals surface area contributed by atoms with Gasteiger partial charge < -0.3 is 14.6 Å². The molecule has 0 spiro atoms. The summed E-state index contributed by atoms with van der Waals surface area (Å²) in [6.07, 6.45) is 1.94. The zero-order valence-corrected chi connectivity index (χ0v) is 11.6. The van der Waals surface area contributed by atoms with Gasteiger partial charge in [0, 0.05) is 5.56 Å². The molecule has 0 amide bonds. The first-order valence-corrected chi connectivity index (χ1v) is 6.16. The van der Waals surface area contributed by atoms with E-state index in [1.807, 2.05) is 26.0 Å². The highest BCUT2D eigenvalue weighted by molar-refractivity contribution is 5.52. The van der Waals surface area contributed by atoms with Crippen molar-refractivity contribution in [2.75, 3.05) is 7.11 Å². The Labute approximate surface area is 109 Å². The van der Waals surface area contributed by atoms with Crippen LogP contribution in [0.1, 0.15) is 38.0 Å². The van der Waals surface area contributed by atoms with Crippen molar-refractivity contribution in [3.63, 3.8) is 0 Å². The number of aliphatic hydroxyl groups excluding tert-OH is 1. The highest BCUT2D eigenvalue weighted by Gasteiger charge is 2.18. The Morgan fingerprint density at radius 2 is 2.00 bits per heavy atom. The Bertz CT molecular complexity index is 408. The van der Waals surface area contributed by atoms with Gasteiger partial charge in [-0.2, -0.15) is 0 Å². The summed E-state index contributed by atoms with van der Waals surface area (Å²) in [6, 6.07) is 3.70. The van der Waals surface area contributed by atoms with Crippen molar-refractivity contribution in [3.8, 4) is 11.5 Å². The monoisotopic (exact) mass is 250 g/mol. The minimum absolute atomic E-state index is 0.0479. The summed E-state index contributed by atoms with van der Waals surface area (Å²) in [5, 5.41) is 9.82. The predicted octanol–water partition coefficient (Wildman–Crippen LogP) is 3.26. The van der Waals surface area contributed by atoms with Gasteiger partial charge in [0.25, 0.3) is 0 Å². The fraction of sp³-hybridized carbons (Fsp3) is 0.467. The molecule has 0 fully saturated rings. The standard InChI is InChI=1S/C15H22O3/c1-6-7-13-12(11(4)16)8-9-14(17-5)15(13)18-10(2)3/h6,8-11,16H,1,7H2,2-5H3/t11-/m0/s1. The first-order valence-electron chi connectivity index (χ1n) is 6.16. The molecular weight excluding hydrogens is 228 g/mol. The summed E-state index contributed by atoms with van der Waals surface area (Å²) in [7, 11) is 1.61. The maximum Gasteiger partial charge on any atom is 0.165 e. The number of allylic oxidation sites excluding steroid dienone is 1. The number of hydrogen-bond donors (Lipinski definition) is 1. The summed E-state index contributed by atoms with van der Waals surface area (Å²) < 4.78 is 11.2. The molecule has 3 nitrogen and oxygen atoms in total. The molecule has 100 valence electrons. The van der Waals surface area contributed by atoms with Gasteiger partial charge in [-0.15, -0.1) is 6.58 Å². The second-order valence-corrected chi connectivity index (χ2v) is 4.50. The van der Waals surface area contributed by atoms with Crippen LogP contribution in [0.3, 0.4) is 0 Å². The molecule has 0 aliphatic rings. The Kier molecular flexibility index (Phi) is 5.23. The zero-order valence-electron chi connectivity index (χ0n) is 11.6. The van der Waals surface area contributed by atoms with Crippen LogP contribution < -0.4 is 9.47 Å². The van der Waals surface area contributed by atoms with E-state index in [-0.39, 0.29) is 6.10 Å². The zero-order chi connectivity index (χ0) is 13.7. The van der Waals surface area contributed by atoms with Crippen molar-refractivity contribution in [3.05, 3.63) is 35.9 Å². The summed E-state index contributed by atoms with van der Waals surface area (Å²) >= 11 is 0. The normalized spacial score (nSPS) is 12.3. The summed E-state index contributed by atoms with van der Waals surface area (Å²) in [5.41, 5.74) is 1.79. The summed E-state index contributed by atoms with van der Waals surface area (Å²) in [4.78, 5) is 0. The molecule has 0 aliphatic heterocycles. The van der Waals surface area contributed by atoms with Gasteiger partial charge in [0.05, 0.1) is 19.3 Å². The number of aliphatic hydroxyl groups is 1. The Hall–Kier alpha value is -1.48. The van der Waals surface area contributed by atoms with Crippen molar-refractivity contribution in [2.24, 2.45) is 0 Å². The fourth-order valence-electron chi connectivity index (χ4n) is 1.89. The molecule has 0 saturated carbocycles. The van der Waals surface area contributed by atoms with Crippen LogP contribution in [-0.4, -0.2) is 18.3 Å². The highest BCUT2D eigenvalue weighted by atomic mass is 16.5. The lowest BCUT2D eigenvalue weighted by atomic mass is 9.99. The molecule has 1 N–H and O–H groups in total. The van der Waals surface area contributed by atoms with E-state index in [1.54, 1.807) is 20.1 Å². The Morgan fingerprint density at radius 1 is 1.33 bits per heavy atom. The first-order chi connectivity index (χ1) is 8.51. The van der Waals surface area contributed by atoms with E-state index in [1.165, 1.54) is 0 Å². The Balaban J connectivity index is 3.37. The second kappa shape index (κ2) is 6.45. The molecule has 0 aromatic heterocycles. The van der Waals surface area contributed by atoms with Crippen LogP contribution >= 0.6 is 0 Å². The molecule has 1 aromatic carbocycles. The van der Waals surface area contributed by atoms with Gasteiger partial charge in [-0.1, -0.05) is 12.1 Å². The third-order valence-corrected chi connectivity index (χ3v) is 2.63. The largest absolute Gasteiger partial charge is 0.493 e. The third kappa shape index (κ3) is 3.26. The number of rotatable bonds is 6. The average molecular weight is 250 g/mol. The van der Waals surface area contributed by atoms with E-state index in [0.29, 0.717) is 17.9 Å². The van der Waals surface area contributed by atoms with Crippen LogP contribution in [0.4, 0.5) is 0 Å². The van der Waals surface area contributed by atoms with Crippen molar-refractivity contribution in [2.45, 2.75) is 39.4 Å². The van der Waals surface area contributed by atoms with Gasteiger partial charge in [0.15, 0.2) is 11.5 Å². The van der Waals surface area contributed by atoms with Gasteiger partial charge in [0.1, 0.15) is 0 Å². The van der Waals surface area contributed by atoms with Gasteiger partial charge in [-0.25, -0.2) is 0 Å². The molecule has 0 bridgehead atoms. The molecule has 1 rings (SSSR count). The SMILES string of the molecule is C=CCc1c([C@H](C)O)ccc(OC)c1OC(C)C. The minimum atomic E-state index is -0.541. The van der Waals surface area contributed by atoms with Gasteiger partial charge in [-0.3, -0.25) is 0 Å². The van der Waals surface area contributed by atoms with E-state index in [4.69, 9.17) is 9.47 Å². The lowest BCUT2D eigenvalue weighted by Gasteiger charge is -2.20. The smallest absolute Gasteiger partial charge is 0.165 e. The Morgan fingerprint density at radius 3 is 2.44 bits per heavy atom. The lowest BCUT2D eigenvalue weighted by Crippen LogP contribution is -2.11. The topological polar surface area (TPSA) is 38.7 Å². The van der Waals surface area contributed by atoms with Crippen LogP contribution in [0.2, 0.25) is 0 Å². The molecule has 0 saturated heterocycles. The van der Waals surface area contributed by atoms with Crippen LogP contribution in [0, 0.1) is 0 Å². The van der Waals surface area contributed by atoms with Crippen LogP contribution in [0.5, 0.6) is 11.5 Å². The lowest BCUT2D eigenvalue weighted by molar-refractivity contribution is 0.194. The maximum absolute atomic E-state index is 9.82. The molecule has 0 heterocycles. The molecule has 0 radical (unpaired) electrons. The van der Waals surface area contributed by atoms with Crippen molar-refractivity contribution in [1.29, 1.82) is 0 Å². The van der Waals surface area contributed by atoms with E-state index >= 15 is 0 Å². The van der Waals surface area contributed by atoms with Crippen LogP contribution in [0.15, 0.2) is 24.8 Å². The minimum Gasteiger partial charge on any atom is -0.493 e. The predicted molar refractivity (Wildman–Crippen MR) is 73.3 cm³/mol. The maximum atomic E-state index is 9.82. The van der Waals surface area contributed by atoms with E-state index in [0.717, 1.165) is 11.1 Å². The number of methoxy groups -OCH3 is 1. The molecule has 0 aliphatic carbocycles. The quantitative estimate of drug-likeness (QED) is 0.788. The summed E-state index contributed by atoms with van der Waals surface area (Å²) in [6.45, 7) is 9.43. The molecular formula is C15H22O3. The van der Waals surface area contributed by atoms with Crippen molar-refractivity contribution in [1.82, 2.24) is 0 Å². The second-order valence-electron chi connectivity index (χ2n) is 4.50. The van der Waals surface area contributed by atoms with Gasteiger partial charge in [-0.05, 0) is 38.8 Å². The van der Waals surface area contributed by atoms with Crippen molar-refractivity contribution < 1.29 is 14.6 Å². The van der Waals surface area contributed by atoms with E-state index in [9.17, 15) is 5.11 Å². The van der Waals surface area contributed by atoms with E-state index in [2.05, 4.69) is 6.58 Å². The first kappa shape index (κ1) is 14.6. The van der Waals surface area contributed by atoms with Crippen LogP contribution in [0.25, 0.3) is 0 Å². The summed E-state index contributed by atoms with van der Waals surface area (Å²) in [5.74, 6) is 1.38. The average Bonchev–Trinajstić information content (AvgIpc) is 2.30. The molecule has 1 aromatic rings. The van der Waals surface area contributed by atoms with Gasteiger partial charge >= 0.3 is 0 Å². The number of benzene rings is 1. The number of hydrogen-bond acceptors (Lipinski definition) is 3. The molecule has 0 unspecified atom stereocenters. The van der Waals surface area contributed by atoms with E-state index < -0.39 is 6.10 Å². The highest BCUT2D eigenvalue weighted by Crippen LogP contribution is 2.37. The van der Waals surface area contributed by atoms with Gasteiger partial charge in [0.2, 0.25) is 0 Å². The fourth-order valence-corrected chi connectivity index (χ4v) is 1.89. The molecule has 18 heavy (non-hydrogen) atoms.